The monoisotopic (exact) mass is 331 g/mol. The highest BCUT2D eigenvalue weighted by atomic mass is 19.4. The van der Waals surface area contributed by atoms with Crippen LogP contribution in [0.4, 0.5) is 27.8 Å². The third-order valence-corrected chi connectivity index (χ3v) is 2.91. The lowest BCUT2D eigenvalue weighted by atomic mass is 10.1. The number of aromatic nitrogens is 1. The van der Waals surface area contributed by atoms with Crippen molar-refractivity contribution < 1.29 is 26.7 Å². The number of carbonyl (C=O) groups is 1. The first kappa shape index (κ1) is 16.7. The van der Waals surface area contributed by atoms with Gasteiger partial charge in [-0.05, 0) is 23.8 Å². The third-order valence-electron chi connectivity index (χ3n) is 2.91. The molecule has 0 atom stereocenters. The molecule has 2 rings (SSSR count). The van der Waals surface area contributed by atoms with Gasteiger partial charge < -0.3 is 11.1 Å². The van der Waals surface area contributed by atoms with Crippen molar-refractivity contribution in [1.82, 2.24) is 10.3 Å². The van der Waals surface area contributed by atoms with E-state index in [4.69, 9.17) is 5.73 Å². The SMILES string of the molecule is Nc1ccc(CNC(=O)c2cc(F)c(F)cc2C(F)(F)F)cn1. The Balaban J connectivity index is 2.24. The standard InChI is InChI=1S/C14H10F5N3O/c15-10-3-8(9(4-11(10)16)14(17,18)19)13(23)22-6-7-1-2-12(20)21-5-7/h1-5H,6H2,(H2,20,21)(H,22,23). The van der Waals surface area contributed by atoms with E-state index in [0.29, 0.717) is 5.56 Å². The number of pyridine rings is 1. The Morgan fingerprint density at radius 1 is 1.17 bits per heavy atom. The van der Waals surface area contributed by atoms with Crippen molar-refractivity contribution in [1.29, 1.82) is 0 Å². The number of halogens is 5. The zero-order chi connectivity index (χ0) is 17.2. The molecule has 1 aromatic carbocycles. The Bertz CT molecular complexity index is 728. The number of rotatable bonds is 3. The Labute approximate surface area is 127 Å². The number of anilines is 1. The van der Waals surface area contributed by atoms with Gasteiger partial charge in [0, 0.05) is 12.7 Å². The van der Waals surface area contributed by atoms with E-state index >= 15 is 0 Å². The molecule has 0 saturated heterocycles. The van der Waals surface area contributed by atoms with E-state index < -0.39 is 34.8 Å². The zero-order valence-electron chi connectivity index (χ0n) is 11.4. The first-order valence-electron chi connectivity index (χ1n) is 6.23. The van der Waals surface area contributed by atoms with Gasteiger partial charge in [0.2, 0.25) is 0 Å². The van der Waals surface area contributed by atoms with Crippen LogP contribution in [0.5, 0.6) is 0 Å². The summed E-state index contributed by atoms with van der Waals surface area (Å²) < 4.78 is 64.7. The fourth-order valence-electron chi connectivity index (χ4n) is 1.79. The van der Waals surface area contributed by atoms with Crippen LogP contribution in [0.3, 0.4) is 0 Å². The van der Waals surface area contributed by atoms with Crippen molar-refractivity contribution in [3.63, 3.8) is 0 Å². The van der Waals surface area contributed by atoms with Gasteiger partial charge in [0.25, 0.3) is 5.91 Å². The van der Waals surface area contributed by atoms with Crippen molar-refractivity contribution in [3.8, 4) is 0 Å². The number of benzene rings is 1. The van der Waals surface area contributed by atoms with Gasteiger partial charge in [-0.25, -0.2) is 13.8 Å². The van der Waals surface area contributed by atoms with Crippen LogP contribution in [-0.2, 0) is 12.7 Å². The highest BCUT2D eigenvalue weighted by molar-refractivity contribution is 5.95. The summed E-state index contributed by atoms with van der Waals surface area (Å²) in [5.41, 5.74) is 3.30. The molecule has 1 amide bonds. The maximum Gasteiger partial charge on any atom is 0.417 e. The molecule has 1 heterocycles. The van der Waals surface area contributed by atoms with Gasteiger partial charge in [0.05, 0.1) is 11.1 Å². The number of nitrogens with two attached hydrogens (primary N) is 1. The van der Waals surface area contributed by atoms with E-state index in [0.717, 1.165) is 0 Å². The van der Waals surface area contributed by atoms with Crippen molar-refractivity contribution in [2.24, 2.45) is 0 Å². The van der Waals surface area contributed by atoms with Crippen LogP contribution in [0.15, 0.2) is 30.5 Å². The average molecular weight is 331 g/mol. The summed E-state index contributed by atoms with van der Waals surface area (Å²) in [5, 5.41) is 2.19. The van der Waals surface area contributed by atoms with Crippen molar-refractivity contribution >= 4 is 11.7 Å². The molecule has 0 aliphatic carbocycles. The van der Waals surface area contributed by atoms with Gasteiger partial charge in [0.15, 0.2) is 11.6 Å². The lowest BCUT2D eigenvalue weighted by Crippen LogP contribution is -2.26. The molecule has 122 valence electrons. The third kappa shape index (κ3) is 3.93. The molecule has 0 aliphatic heterocycles. The molecule has 0 radical (unpaired) electrons. The summed E-state index contributed by atoms with van der Waals surface area (Å²) in [6, 6.07) is 3.13. The minimum Gasteiger partial charge on any atom is -0.384 e. The van der Waals surface area contributed by atoms with Crippen LogP contribution in [0.25, 0.3) is 0 Å². The van der Waals surface area contributed by atoms with E-state index in [1.54, 1.807) is 0 Å². The highest BCUT2D eigenvalue weighted by Crippen LogP contribution is 2.33. The second kappa shape index (κ2) is 6.19. The van der Waals surface area contributed by atoms with Crippen molar-refractivity contribution in [2.75, 3.05) is 5.73 Å². The molecular formula is C14H10F5N3O. The molecule has 0 bridgehead atoms. The fourth-order valence-corrected chi connectivity index (χ4v) is 1.79. The van der Waals surface area contributed by atoms with Crippen LogP contribution >= 0.6 is 0 Å². The summed E-state index contributed by atoms with van der Waals surface area (Å²) in [6.07, 6.45) is -3.67. The lowest BCUT2D eigenvalue weighted by molar-refractivity contribution is -0.138. The molecule has 9 heteroatoms. The predicted octanol–water partition coefficient (Wildman–Crippen LogP) is 2.89. The summed E-state index contributed by atoms with van der Waals surface area (Å²) in [5.74, 6) is -4.18. The molecule has 1 aromatic heterocycles. The largest absolute Gasteiger partial charge is 0.417 e. The van der Waals surface area contributed by atoms with Crippen molar-refractivity contribution in [3.05, 3.63) is 58.8 Å². The van der Waals surface area contributed by atoms with Crippen LogP contribution in [-0.4, -0.2) is 10.9 Å². The normalized spacial score (nSPS) is 11.3. The van der Waals surface area contributed by atoms with Gasteiger partial charge in [-0.15, -0.1) is 0 Å². The van der Waals surface area contributed by atoms with Crippen molar-refractivity contribution in [2.45, 2.75) is 12.7 Å². The number of hydrogen-bond acceptors (Lipinski definition) is 3. The Hall–Kier alpha value is -2.71. The predicted molar refractivity (Wildman–Crippen MR) is 71.2 cm³/mol. The molecule has 3 N–H and O–H groups in total. The van der Waals surface area contributed by atoms with Gasteiger partial charge in [-0.3, -0.25) is 4.79 Å². The topological polar surface area (TPSA) is 68.0 Å². The molecule has 0 aliphatic rings. The highest BCUT2D eigenvalue weighted by Gasteiger charge is 2.36. The minimum atomic E-state index is -5.00. The number of nitrogens with one attached hydrogen (secondary N) is 1. The molecule has 23 heavy (non-hydrogen) atoms. The Kier molecular flexibility index (Phi) is 4.48. The van der Waals surface area contributed by atoms with E-state index in [2.05, 4.69) is 10.3 Å². The second-order valence-electron chi connectivity index (χ2n) is 4.58. The van der Waals surface area contributed by atoms with Crippen LogP contribution < -0.4 is 11.1 Å². The second-order valence-corrected chi connectivity index (χ2v) is 4.58. The first-order chi connectivity index (χ1) is 10.7. The molecule has 4 nitrogen and oxygen atoms in total. The number of nitrogen functional groups attached to an aromatic ring is 1. The summed E-state index contributed by atoms with van der Waals surface area (Å²) >= 11 is 0. The molecule has 2 aromatic rings. The summed E-state index contributed by atoms with van der Waals surface area (Å²) in [7, 11) is 0. The molecular weight excluding hydrogens is 321 g/mol. The molecule has 0 saturated carbocycles. The first-order valence-corrected chi connectivity index (χ1v) is 6.23. The molecule has 0 fully saturated rings. The van der Waals surface area contributed by atoms with E-state index in [1.165, 1.54) is 18.3 Å². The zero-order valence-corrected chi connectivity index (χ0v) is 11.4. The Morgan fingerprint density at radius 2 is 1.83 bits per heavy atom. The maximum atomic E-state index is 13.2. The Morgan fingerprint density at radius 3 is 2.39 bits per heavy atom. The van der Waals surface area contributed by atoms with Crippen LogP contribution in [0.2, 0.25) is 0 Å². The maximum absolute atomic E-state index is 13.2. The van der Waals surface area contributed by atoms with Gasteiger partial charge in [-0.2, -0.15) is 13.2 Å². The number of nitrogens with zero attached hydrogens (tertiary/aromatic N) is 1. The summed E-state index contributed by atoms with van der Waals surface area (Å²) in [6.45, 7) is -0.150. The number of alkyl halides is 3. The van der Waals surface area contributed by atoms with Gasteiger partial charge in [0.1, 0.15) is 5.82 Å². The summed E-state index contributed by atoms with van der Waals surface area (Å²) in [4.78, 5) is 15.6. The van der Waals surface area contributed by atoms with E-state index in [1.807, 2.05) is 0 Å². The van der Waals surface area contributed by atoms with Crippen LogP contribution in [0.1, 0.15) is 21.5 Å². The fraction of sp³-hybridized carbons (Fsp3) is 0.143. The van der Waals surface area contributed by atoms with Gasteiger partial charge >= 0.3 is 6.18 Å². The van der Waals surface area contributed by atoms with E-state index in [-0.39, 0.29) is 24.5 Å². The lowest BCUT2D eigenvalue weighted by Gasteiger charge is -2.13. The average Bonchev–Trinajstić information content (AvgIpc) is 2.47. The molecule has 0 spiro atoms. The molecule has 0 unspecified atom stereocenters. The number of hydrogen-bond donors (Lipinski definition) is 2. The van der Waals surface area contributed by atoms with Crippen LogP contribution in [0, 0.1) is 11.6 Å². The number of carbonyl (C=O) groups excluding carboxylic acids is 1. The quantitative estimate of drug-likeness (QED) is 0.850. The van der Waals surface area contributed by atoms with Gasteiger partial charge in [-0.1, -0.05) is 6.07 Å². The number of amides is 1. The smallest absolute Gasteiger partial charge is 0.384 e. The van der Waals surface area contributed by atoms with E-state index in [9.17, 15) is 26.7 Å². The minimum absolute atomic E-state index is 0.0466.